The molecule has 0 fully saturated rings. The molecule has 1 amide bonds. The summed E-state index contributed by atoms with van der Waals surface area (Å²) in [6.07, 6.45) is 1.29. The van der Waals surface area contributed by atoms with Crippen LogP contribution in [-0.2, 0) is 0 Å². The number of nitro groups is 1. The highest BCUT2D eigenvalue weighted by Gasteiger charge is 2.15. The fourth-order valence-corrected chi connectivity index (χ4v) is 1.31. The first kappa shape index (κ1) is 11.8. The topological polar surface area (TPSA) is 85.4 Å². The van der Waals surface area contributed by atoms with Crippen LogP contribution in [0.15, 0.2) is 41.0 Å². The molecule has 0 aliphatic rings. The molecular formula is C11H7FN2O4. The molecule has 2 rings (SSSR count). The fraction of sp³-hybridized carbons (Fsp3) is 0. The van der Waals surface area contributed by atoms with Crippen LogP contribution >= 0.6 is 0 Å². The van der Waals surface area contributed by atoms with Gasteiger partial charge in [0.25, 0.3) is 11.6 Å². The number of non-ortho nitro benzene ring substituents is 1. The molecule has 1 aromatic carbocycles. The van der Waals surface area contributed by atoms with Crippen molar-refractivity contribution in [2.45, 2.75) is 0 Å². The molecule has 1 aromatic heterocycles. The average molecular weight is 250 g/mol. The number of carbonyl (C=O) groups excluding carboxylic acids is 1. The summed E-state index contributed by atoms with van der Waals surface area (Å²) in [5.41, 5.74) is -0.586. The van der Waals surface area contributed by atoms with Gasteiger partial charge in [-0.2, -0.15) is 0 Å². The van der Waals surface area contributed by atoms with E-state index in [1.54, 1.807) is 0 Å². The third-order valence-electron chi connectivity index (χ3n) is 2.15. The summed E-state index contributed by atoms with van der Waals surface area (Å²) < 4.78 is 18.2. The van der Waals surface area contributed by atoms with Crippen LogP contribution in [0.2, 0.25) is 0 Å². The Labute approximate surface area is 100 Å². The van der Waals surface area contributed by atoms with Gasteiger partial charge in [-0.25, -0.2) is 4.39 Å². The highest BCUT2D eigenvalue weighted by atomic mass is 19.1. The van der Waals surface area contributed by atoms with Gasteiger partial charge >= 0.3 is 0 Å². The van der Waals surface area contributed by atoms with Crippen molar-refractivity contribution >= 4 is 17.3 Å². The Morgan fingerprint density at radius 1 is 1.39 bits per heavy atom. The number of hydrogen-bond acceptors (Lipinski definition) is 4. The maximum Gasteiger partial charge on any atom is 0.291 e. The van der Waals surface area contributed by atoms with Crippen molar-refractivity contribution in [1.82, 2.24) is 0 Å². The summed E-state index contributed by atoms with van der Waals surface area (Å²) in [6.45, 7) is 0. The summed E-state index contributed by atoms with van der Waals surface area (Å²) in [5, 5.41) is 12.7. The summed E-state index contributed by atoms with van der Waals surface area (Å²) in [6, 6.07) is 5.76. The van der Waals surface area contributed by atoms with Gasteiger partial charge in [0.1, 0.15) is 5.82 Å². The molecule has 7 heteroatoms. The second kappa shape index (κ2) is 4.66. The molecule has 0 aliphatic carbocycles. The van der Waals surface area contributed by atoms with Crippen LogP contribution in [0.25, 0.3) is 0 Å². The number of furan rings is 1. The van der Waals surface area contributed by atoms with Gasteiger partial charge in [0.15, 0.2) is 5.76 Å². The predicted molar refractivity (Wildman–Crippen MR) is 59.7 cm³/mol. The van der Waals surface area contributed by atoms with E-state index in [1.807, 2.05) is 0 Å². The van der Waals surface area contributed by atoms with Crippen molar-refractivity contribution in [2.75, 3.05) is 5.32 Å². The van der Waals surface area contributed by atoms with E-state index in [2.05, 4.69) is 5.32 Å². The van der Waals surface area contributed by atoms with E-state index in [0.29, 0.717) is 0 Å². The lowest BCUT2D eigenvalue weighted by Gasteiger charge is -2.04. The van der Waals surface area contributed by atoms with E-state index in [4.69, 9.17) is 4.42 Å². The molecule has 0 radical (unpaired) electrons. The Kier molecular flexibility index (Phi) is 3.05. The van der Waals surface area contributed by atoms with Gasteiger partial charge in [0.2, 0.25) is 0 Å². The van der Waals surface area contributed by atoms with Crippen molar-refractivity contribution in [2.24, 2.45) is 0 Å². The van der Waals surface area contributed by atoms with Gasteiger partial charge in [0, 0.05) is 12.1 Å². The smallest absolute Gasteiger partial charge is 0.291 e. The van der Waals surface area contributed by atoms with Crippen LogP contribution in [0.3, 0.4) is 0 Å². The zero-order chi connectivity index (χ0) is 13.1. The molecule has 1 heterocycles. The first-order valence-corrected chi connectivity index (χ1v) is 4.87. The molecule has 0 saturated heterocycles. The summed E-state index contributed by atoms with van der Waals surface area (Å²) in [5.74, 6) is -1.46. The number of hydrogen-bond donors (Lipinski definition) is 1. The monoisotopic (exact) mass is 250 g/mol. The number of benzene rings is 1. The Bertz CT molecular complexity index is 595. The Morgan fingerprint density at radius 3 is 2.78 bits per heavy atom. The maximum absolute atomic E-state index is 13.4. The van der Waals surface area contributed by atoms with Gasteiger partial charge in [0.05, 0.1) is 16.9 Å². The van der Waals surface area contributed by atoms with Gasteiger partial charge < -0.3 is 9.73 Å². The highest BCUT2D eigenvalue weighted by molar-refractivity contribution is 6.02. The first-order valence-electron chi connectivity index (χ1n) is 4.87. The van der Waals surface area contributed by atoms with Crippen molar-refractivity contribution < 1.29 is 18.5 Å². The lowest BCUT2D eigenvalue weighted by atomic mass is 10.2. The number of nitro benzene ring substituents is 1. The van der Waals surface area contributed by atoms with Crippen LogP contribution in [0.4, 0.5) is 15.8 Å². The Balaban J connectivity index is 2.26. The van der Waals surface area contributed by atoms with E-state index < -0.39 is 16.6 Å². The van der Waals surface area contributed by atoms with Gasteiger partial charge in [-0.1, -0.05) is 0 Å². The third-order valence-corrected chi connectivity index (χ3v) is 2.15. The molecule has 2 aromatic rings. The lowest BCUT2D eigenvalue weighted by Crippen LogP contribution is -2.12. The molecule has 0 saturated carbocycles. The van der Waals surface area contributed by atoms with Crippen LogP contribution in [0.1, 0.15) is 10.6 Å². The summed E-state index contributed by atoms with van der Waals surface area (Å²) >= 11 is 0. The third kappa shape index (κ3) is 2.34. The Morgan fingerprint density at radius 2 is 2.17 bits per heavy atom. The zero-order valence-corrected chi connectivity index (χ0v) is 8.92. The minimum Gasteiger partial charge on any atom is -0.459 e. The Hall–Kier alpha value is -2.70. The van der Waals surface area contributed by atoms with Crippen molar-refractivity contribution in [3.63, 3.8) is 0 Å². The van der Waals surface area contributed by atoms with Crippen LogP contribution in [0, 0.1) is 15.9 Å². The van der Waals surface area contributed by atoms with Crippen LogP contribution < -0.4 is 5.32 Å². The summed E-state index contributed by atoms with van der Waals surface area (Å²) in [4.78, 5) is 21.4. The molecule has 0 unspecified atom stereocenters. The van der Waals surface area contributed by atoms with E-state index in [0.717, 1.165) is 18.2 Å². The maximum atomic E-state index is 13.4. The molecule has 18 heavy (non-hydrogen) atoms. The van der Waals surface area contributed by atoms with Crippen molar-refractivity contribution in [3.05, 3.63) is 58.3 Å². The molecule has 6 nitrogen and oxygen atoms in total. The first-order chi connectivity index (χ1) is 8.58. The van der Waals surface area contributed by atoms with Crippen LogP contribution in [-0.4, -0.2) is 10.8 Å². The lowest BCUT2D eigenvalue weighted by molar-refractivity contribution is -0.384. The van der Waals surface area contributed by atoms with Gasteiger partial charge in [-0.05, 0) is 18.2 Å². The minimum atomic E-state index is -0.763. The predicted octanol–water partition coefficient (Wildman–Crippen LogP) is 2.58. The highest BCUT2D eigenvalue weighted by Crippen LogP contribution is 2.21. The number of nitrogens with one attached hydrogen (secondary N) is 1. The second-order valence-corrected chi connectivity index (χ2v) is 3.35. The van der Waals surface area contributed by atoms with E-state index in [1.165, 1.54) is 18.4 Å². The second-order valence-electron chi connectivity index (χ2n) is 3.35. The SMILES string of the molecule is O=C(Nc1cc([N+](=O)[O-])ccc1F)c1ccco1. The summed E-state index contributed by atoms with van der Waals surface area (Å²) in [7, 11) is 0. The van der Waals surface area contributed by atoms with E-state index in [-0.39, 0.29) is 17.1 Å². The van der Waals surface area contributed by atoms with E-state index in [9.17, 15) is 19.3 Å². The number of amides is 1. The zero-order valence-electron chi connectivity index (χ0n) is 8.92. The number of carbonyl (C=O) groups is 1. The molecule has 0 bridgehead atoms. The number of rotatable bonds is 3. The molecule has 0 atom stereocenters. The molecule has 0 aliphatic heterocycles. The average Bonchev–Trinajstić information content (AvgIpc) is 2.85. The number of anilines is 1. The molecule has 0 spiro atoms. The van der Waals surface area contributed by atoms with Gasteiger partial charge in [-0.3, -0.25) is 14.9 Å². The largest absolute Gasteiger partial charge is 0.459 e. The number of halogens is 1. The number of nitrogens with zero attached hydrogens (tertiary/aromatic N) is 1. The minimum absolute atomic E-state index is 0.0130. The molecule has 92 valence electrons. The fourth-order valence-electron chi connectivity index (χ4n) is 1.31. The van der Waals surface area contributed by atoms with Crippen molar-refractivity contribution in [1.29, 1.82) is 0 Å². The standard InChI is InChI=1S/C11H7FN2O4/c12-8-4-3-7(14(16)17)6-9(8)13-11(15)10-2-1-5-18-10/h1-6H,(H,13,15). The molecule has 1 N–H and O–H groups in total. The van der Waals surface area contributed by atoms with Crippen LogP contribution in [0.5, 0.6) is 0 Å². The van der Waals surface area contributed by atoms with Gasteiger partial charge in [-0.15, -0.1) is 0 Å². The normalized spacial score (nSPS) is 10.1. The molecular weight excluding hydrogens is 243 g/mol. The van der Waals surface area contributed by atoms with E-state index >= 15 is 0 Å². The quantitative estimate of drug-likeness (QED) is 0.670. The van der Waals surface area contributed by atoms with Crippen molar-refractivity contribution in [3.8, 4) is 0 Å².